The Labute approximate surface area is 127 Å². The quantitative estimate of drug-likeness (QED) is 0.903. The van der Waals surface area contributed by atoms with Crippen molar-refractivity contribution in [1.29, 1.82) is 0 Å². The molecule has 0 unspecified atom stereocenters. The van der Waals surface area contributed by atoms with Crippen LogP contribution in [0.2, 0.25) is 0 Å². The molecule has 2 bridgehead atoms. The summed E-state index contributed by atoms with van der Waals surface area (Å²) in [4.78, 5) is 12.3. The minimum atomic E-state index is 0.106. The number of carbonyl (C=O) groups is 1. The van der Waals surface area contributed by atoms with E-state index in [1.165, 1.54) is 25.7 Å². The SMILES string of the molecule is COc1ccccc1CC(=O)N[C@@H](C)[C@@H]1C[C@@H]2CC[C@@H]1C2. The molecule has 1 aromatic carbocycles. The second kappa shape index (κ2) is 6.08. The molecular formula is C18H25NO2. The topological polar surface area (TPSA) is 38.3 Å². The van der Waals surface area contributed by atoms with Gasteiger partial charge in [0, 0.05) is 11.6 Å². The highest BCUT2D eigenvalue weighted by Crippen LogP contribution is 2.49. The Kier molecular flexibility index (Phi) is 4.18. The first-order valence-corrected chi connectivity index (χ1v) is 8.08. The average molecular weight is 287 g/mol. The third kappa shape index (κ3) is 3.07. The lowest BCUT2D eigenvalue weighted by Crippen LogP contribution is -2.40. The van der Waals surface area contributed by atoms with Gasteiger partial charge in [0.1, 0.15) is 5.75 Å². The Hall–Kier alpha value is -1.51. The monoisotopic (exact) mass is 287 g/mol. The first-order valence-electron chi connectivity index (χ1n) is 8.08. The van der Waals surface area contributed by atoms with E-state index in [1.807, 2.05) is 24.3 Å². The van der Waals surface area contributed by atoms with Crippen LogP contribution in [-0.2, 0) is 11.2 Å². The van der Waals surface area contributed by atoms with E-state index >= 15 is 0 Å². The minimum absolute atomic E-state index is 0.106. The summed E-state index contributed by atoms with van der Waals surface area (Å²) >= 11 is 0. The van der Waals surface area contributed by atoms with Gasteiger partial charge in [0.25, 0.3) is 0 Å². The van der Waals surface area contributed by atoms with Crippen molar-refractivity contribution in [3.63, 3.8) is 0 Å². The molecule has 1 amide bonds. The lowest BCUT2D eigenvalue weighted by Gasteiger charge is -2.28. The molecule has 3 heteroatoms. The van der Waals surface area contributed by atoms with Gasteiger partial charge in [-0.25, -0.2) is 0 Å². The molecule has 1 aromatic rings. The number of fused-ring (bicyclic) bond motifs is 2. The van der Waals surface area contributed by atoms with Crippen molar-refractivity contribution in [3.8, 4) is 5.75 Å². The van der Waals surface area contributed by atoms with E-state index in [-0.39, 0.29) is 5.91 Å². The first kappa shape index (κ1) is 14.4. The van der Waals surface area contributed by atoms with Crippen LogP contribution in [0.4, 0.5) is 0 Å². The molecule has 0 radical (unpaired) electrons. The maximum atomic E-state index is 12.3. The largest absolute Gasteiger partial charge is 0.496 e. The van der Waals surface area contributed by atoms with E-state index in [2.05, 4.69) is 12.2 Å². The van der Waals surface area contributed by atoms with Crippen LogP contribution in [0.1, 0.15) is 38.2 Å². The van der Waals surface area contributed by atoms with E-state index in [4.69, 9.17) is 4.74 Å². The number of hydrogen-bond donors (Lipinski definition) is 1. The highest BCUT2D eigenvalue weighted by Gasteiger charge is 2.42. The minimum Gasteiger partial charge on any atom is -0.496 e. The number of nitrogens with one attached hydrogen (secondary N) is 1. The summed E-state index contributed by atoms with van der Waals surface area (Å²) in [6.07, 6.45) is 5.86. The van der Waals surface area contributed by atoms with Gasteiger partial charge in [0.15, 0.2) is 0 Å². The Morgan fingerprint density at radius 2 is 2.14 bits per heavy atom. The number of benzene rings is 1. The standard InChI is InChI=1S/C18H25NO2/c1-12(16-10-13-7-8-14(16)9-13)19-18(20)11-15-5-3-4-6-17(15)21-2/h3-6,12-14,16H,7-11H2,1-2H3,(H,19,20)/t12-,13+,14+,16-/m0/s1. The highest BCUT2D eigenvalue weighted by molar-refractivity contribution is 5.79. The fourth-order valence-corrected chi connectivity index (χ4v) is 4.34. The number of carbonyl (C=O) groups excluding carboxylic acids is 1. The van der Waals surface area contributed by atoms with E-state index in [0.717, 1.165) is 23.1 Å². The molecule has 0 heterocycles. The molecule has 0 saturated heterocycles. The maximum absolute atomic E-state index is 12.3. The molecule has 3 nitrogen and oxygen atoms in total. The average Bonchev–Trinajstić information content (AvgIpc) is 3.10. The number of amides is 1. The first-order chi connectivity index (χ1) is 10.2. The Bertz CT molecular complexity index is 514. The predicted octanol–water partition coefficient (Wildman–Crippen LogP) is 3.18. The third-order valence-electron chi connectivity index (χ3n) is 5.37. The van der Waals surface area contributed by atoms with Gasteiger partial charge in [-0.05, 0) is 50.0 Å². The van der Waals surface area contributed by atoms with Gasteiger partial charge in [-0.2, -0.15) is 0 Å². The molecule has 4 atom stereocenters. The molecule has 1 N–H and O–H groups in total. The molecule has 2 aliphatic carbocycles. The third-order valence-corrected chi connectivity index (χ3v) is 5.37. The highest BCUT2D eigenvalue weighted by atomic mass is 16.5. The van der Waals surface area contributed by atoms with Crippen molar-refractivity contribution in [2.75, 3.05) is 7.11 Å². The van der Waals surface area contributed by atoms with Crippen LogP contribution in [0.15, 0.2) is 24.3 Å². The number of methoxy groups -OCH3 is 1. The molecule has 2 fully saturated rings. The molecule has 0 aliphatic heterocycles. The van der Waals surface area contributed by atoms with Crippen molar-refractivity contribution in [3.05, 3.63) is 29.8 Å². The maximum Gasteiger partial charge on any atom is 0.224 e. The van der Waals surface area contributed by atoms with E-state index < -0.39 is 0 Å². The molecule has 3 rings (SSSR count). The van der Waals surface area contributed by atoms with Crippen LogP contribution >= 0.6 is 0 Å². The summed E-state index contributed by atoms with van der Waals surface area (Å²) in [5, 5.41) is 3.21. The van der Waals surface area contributed by atoms with Crippen molar-refractivity contribution in [1.82, 2.24) is 5.32 Å². The number of hydrogen-bond acceptors (Lipinski definition) is 2. The van der Waals surface area contributed by atoms with Gasteiger partial charge in [0.2, 0.25) is 5.91 Å². The van der Waals surface area contributed by atoms with Crippen LogP contribution in [0.25, 0.3) is 0 Å². The fraction of sp³-hybridized carbons (Fsp3) is 0.611. The summed E-state index contributed by atoms with van der Waals surface area (Å²) in [6.45, 7) is 2.17. The van der Waals surface area contributed by atoms with Crippen LogP contribution in [0.5, 0.6) is 5.75 Å². The lowest BCUT2D eigenvalue weighted by molar-refractivity contribution is -0.121. The Morgan fingerprint density at radius 1 is 1.33 bits per heavy atom. The molecule has 2 saturated carbocycles. The Morgan fingerprint density at radius 3 is 2.81 bits per heavy atom. The van der Waals surface area contributed by atoms with Gasteiger partial charge in [-0.3, -0.25) is 4.79 Å². The zero-order chi connectivity index (χ0) is 14.8. The summed E-state index contributed by atoms with van der Waals surface area (Å²) in [5.41, 5.74) is 0.956. The Balaban J connectivity index is 1.56. The number of rotatable bonds is 5. The van der Waals surface area contributed by atoms with Crippen molar-refractivity contribution in [2.45, 2.75) is 45.1 Å². The number of ether oxygens (including phenoxy) is 1. The summed E-state index contributed by atoms with van der Waals surface area (Å²) in [6, 6.07) is 8.04. The van der Waals surface area contributed by atoms with Crippen LogP contribution in [-0.4, -0.2) is 19.1 Å². The van der Waals surface area contributed by atoms with Crippen LogP contribution in [0.3, 0.4) is 0 Å². The summed E-state index contributed by atoms with van der Waals surface area (Å²) < 4.78 is 5.31. The molecule has 2 aliphatic rings. The fourth-order valence-electron chi connectivity index (χ4n) is 4.34. The molecule has 114 valence electrons. The molecule has 0 aromatic heterocycles. The van der Waals surface area contributed by atoms with Gasteiger partial charge in [0.05, 0.1) is 13.5 Å². The molecule has 0 spiro atoms. The van der Waals surface area contributed by atoms with Crippen molar-refractivity contribution < 1.29 is 9.53 Å². The normalized spacial score (nSPS) is 28.4. The summed E-state index contributed by atoms with van der Waals surface area (Å²) in [5.74, 6) is 3.35. The van der Waals surface area contributed by atoms with Crippen LogP contribution in [0, 0.1) is 17.8 Å². The van der Waals surface area contributed by atoms with Gasteiger partial charge in [-0.1, -0.05) is 24.6 Å². The molecule has 21 heavy (non-hydrogen) atoms. The number of para-hydroxylation sites is 1. The van der Waals surface area contributed by atoms with Crippen molar-refractivity contribution >= 4 is 5.91 Å². The predicted molar refractivity (Wildman–Crippen MR) is 83.2 cm³/mol. The van der Waals surface area contributed by atoms with E-state index in [0.29, 0.717) is 18.4 Å². The second-order valence-electron chi connectivity index (χ2n) is 6.68. The second-order valence-corrected chi connectivity index (χ2v) is 6.68. The zero-order valence-electron chi connectivity index (χ0n) is 13.0. The van der Waals surface area contributed by atoms with E-state index in [1.54, 1.807) is 7.11 Å². The van der Waals surface area contributed by atoms with Gasteiger partial charge >= 0.3 is 0 Å². The lowest BCUT2D eigenvalue weighted by atomic mass is 9.84. The van der Waals surface area contributed by atoms with Gasteiger partial charge in [-0.15, -0.1) is 0 Å². The zero-order valence-corrected chi connectivity index (χ0v) is 13.0. The van der Waals surface area contributed by atoms with Gasteiger partial charge < -0.3 is 10.1 Å². The van der Waals surface area contributed by atoms with Crippen LogP contribution < -0.4 is 10.1 Å². The summed E-state index contributed by atoms with van der Waals surface area (Å²) in [7, 11) is 1.65. The molecular weight excluding hydrogens is 262 g/mol. The van der Waals surface area contributed by atoms with E-state index in [9.17, 15) is 4.79 Å². The smallest absolute Gasteiger partial charge is 0.224 e. The van der Waals surface area contributed by atoms with Crippen molar-refractivity contribution in [2.24, 2.45) is 17.8 Å².